The largest absolute Gasteiger partial charge is 0.496 e. The monoisotopic (exact) mass is 337 g/mol. The zero-order valence-electron chi connectivity index (χ0n) is 12.2. The number of benzene rings is 2. The highest BCUT2D eigenvalue weighted by molar-refractivity contribution is 6.33. The van der Waals surface area contributed by atoms with Gasteiger partial charge in [-0.1, -0.05) is 11.6 Å². The summed E-state index contributed by atoms with van der Waals surface area (Å²) in [5.74, 6) is 0.338. The molecule has 2 rings (SSSR count). The van der Waals surface area contributed by atoms with Crippen molar-refractivity contribution in [3.63, 3.8) is 0 Å². The van der Waals surface area contributed by atoms with Gasteiger partial charge in [0, 0.05) is 30.3 Å². The van der Waals surface area contributed by atoms with Gasteiger partial charge in [-0.3, -0.25) is 10.1 Å². The maximum absolute atomic E-state index is 12.2. The minimum atomic E-state index is -0.750. The lowest BCUT2D eigenvalue weighted by atomic mass is 10.2. The van der Waals surface area contributed by atoms with E-state index < -0.39 is 10.9 Å². The maximum Gasteiger partial charge on any atom is 0.345 e. The fourth-order valence-electron chi connectivity index (χ4n) is 1.79. The summed E-state index contributed by atoms with van der Waals surface area (Å²) in [4.78, 5) is 22.2. The van der Waals surface area contributed by atoms with Gasteiger partial charge < -0.3 is 14.2 Å². The van der Waals surface area contributed by atoms with Gasteiger partial charge in [0.05, 0.1) is 29.7 Å². The van der Waals surface area contributed by atoms with Gasteiger partial charge in [0.15, 0.2) is 0 Å². The van der Waals surface area contributed by atoms with Crippen LogP contribution in [0.5, 0.6) is 17.2 Å². The van der Waals surface area contributed by atoms with E-state index in [0.717, 1.165) is 6.07 Å². The normalized spacial score (nSPS) is 10.0. The van der Waals surface area contributed by atoms with Gasteiger partial charge >= 0.3 is 5.97 Å². The molecule has 0 aliphatic carbocycles. The third-order valence-electron chi connectivity index (χ3n) is 2.92. The number of hydrogen-bond acceptors (Lipinski definition) is 6. The predicted molar refractivity (Wildman–Crippen MR) is 82.6 cm³/mol. The van der Waals surface area contributed by atoms with Crippen molar-refractivity contribution in [1.29, 1.82) is 0 Å². The second-order valence-electron chi connectivity index (χ2n) is 4.36. The van der Waals surface area contributed by atoms with Crippen LogP contribution in [-0.4, -0.2) is 25.1 Å². The molecule has 2 aromatic carbocycles. The Morgan fingerprint density at radius 3 is 2.09 bits per heavy atom. The quantitative estimate of drug-likeness (QED) is 0.359. The lowest BCUT2D eigenvalue weighted by molar-refractivity contribution is -0.384. The number of carbonyl (C=O) groups excluding carboxylic acids is 1. The highest BCUT2D eigenvalue weighted by Gasteiger charge is 2.17. The van der Waals surface area contributed by atoms with Gasteiger partial charge in [-0.05, 0) is 6.07 Å². The smallest absolute Gasteiger partial charge is 0.345 e. The van der Waals surface area contributed by atoms with E-state index in [-0.39, 0.29) is 22.0 Å². The van der Waals surface area contributed by atoms with Gasteiger partial charge in [-0.25, -0.2) is 4.79 Å². The predicted octanol–water partition coefficient (Wildman–Crippen LogP) is 3.48. The number of methoxy groups -OCH3 is 2. The lowest BCUT2D eigenvalue weighted by Crippen LogP contribution is -2.09. The first-order valence-electron chi connectivity index (χ1n) is 6.33. The first-order chi connectivity index (χ1) is 10.9. The molecule has 0 saturated carbocycles. The SMILES string of the molecule is COc1cc(OC)cc(OC(=O)c2ccc([N+](=O)[O-])cc2Cl)c1. The summed E-state index contributed by atoms with van der Waals surface area (Å²) >= 11 is 5.90. The van der Waals surface area contributed by atoms with E-state index in [2.05, 4.69) is 0 Å². The van der Waals surface area contributed by atoms with Crippen molar-refractivity contribution in [2.24, 2.45) is 0 Å². The number of non-ortho nitro benzene ring substituents is 1. The van der Waals surface area contributed by atoms with E-state index in [0.29, 0.717) is 11.5 Å². The summed E-state index contributed by atoms with van der Waals surface area (Å²) in [5, 5.41) is 10.6. The summed E-state index contributed by atoms with van der Waals surface area (Å²) in [6, 6.07) is 8.12. The van der Waals surface area contributed by atoms with Crippen LogP contribution in [0.25, 0.3) is 0 Å². The molecule has 0 spiro atoms. The van der Waals surface area contributed by atoms with Crippen LogP contribution in [0.3, 0.4) is 0 Å². The molecule has 0 bridgehead atoms. The molecular formula is C15H12ClNO6. The molecule has 7 nitrogen and oxygen atoms in total. The Morgan fingerprint density at radius 2 is 1.61 bits per heavy atom. The van der Waals surface area contributed by atoms with Gasteiger partial charge in [0.2, 0.25) is 0 Å². The fraction of sp³-hybridized carbons (Fsp3) is 0.133. The summed E-state index contributed by atoms with van der Waals surface area (Å²) in [6.07, 6.45) is 0. The fourth-order valence-corrected chi connectivity index (χ4v) is 2.04. The number of nitrogens with zero attached hydrogens (tertiary/aromatic N) is 1. The lowest BCUT2D eigenvalue weighted by Gasteiger charge is -2.09. The molecule has 0 N–H and O–H groups in total. The molecule has 0 atom stereocenters. The summed E-state index contributed by atoms with van der Waals surface area (Å²) in [6.45, 7) is 0. The number of carbonyl (C=O) groups is 1. The number of nitro benzene ring substituents is 1. The molecule has 0 radical (unpaired) electrons. The molecular weight excluding hydrogens is 326 g/mol. The van der Waals surface area contributed by atoms with Gasteiger partial charge in [0.1, 0.15) is 17.2 Å². The summed E-state index contributed by atoms with van der Waals surface area (Å²) in [5.41, 5.74) is -0.200. The molecule has 8 heteroatoms. The maximum atomic E-state index is 12.2. The standard InChI is InChI=1S/C15H12ClNO6/c1-21-10-6-11(22-2)8-12(7-10)23-15(18)13-4-3-9(17(19)20)5-14(13)16/h3-8H,1-2H3. The minimum Gasteiger partial charge on any atom is -0.496 e. The number of ether oxygens (including phenoxy) is 3. The molecule has 0 unspecified atom stereocenters. The van der Waals surface area contributed by atoms with Crippen LogP contribution in [0.1, 0.15) is 10.4 Å². The highest BCUT2D eigenvalue weighted by atomic mass is 35.5. The molecule has 0 aliphatic heterocycles. The van der Waals surface area contributed by atoms with E-state index in [4.69, 9.17) is 25.8 Å². The average Bonchev–Trinajstić information content (AvgIpc) is 2.53. The number of esters is 1. The van der Waals surface area contributed by atoms with Crippen molar-refractivity contribution in [3.8, 4) is 17.2 Å². The average molecular weight is 338 g/mol. The van der Waals surface area contributed by atoms with Crippen LogP contribution in [-0.2, 0) is 0 Å². The van der Waals surface area contributed by atoms with E-state index >= 15 is 0 Å². The van der Waals surface area contributed by atoms with Gasteiger partial charge in [-0.2, -0.15) is 0 Å². The first kappa shape index (κ1) is 16.6. The van der Waals surface area contributed by atoms with E-state index in [1.165, 1.54) is 38.5 Å². The van der Waals surface area contributed by atoms with Crippen molar-refractivity contribution in [2.45, 2.75) is 0 Å². The van der Waals surface area contributed by atoms with E-state index in [9.17, 15) is 14.9 Å². The zero-order valence-corrected chi connectivity index (χ0v) is 13.0. The van der Waals surface area contributed by atoms with Crippen molar-refractivity contribution < 1.29 is 23.9 Å². The summed E-state index contributed by atoms with van der Waals surface area (Å²) < 4.78 is 15.4. The molecule has 0 saturated heterocycles. The Kier molecular flexibility index (Phi) is 5.02. The van der Waals surface area contributed by atoms with Gasteiger partial charge in [-0.15, -0.1) is 0 Å². The molecule has 2 aromatic rings. The molecule has 0 fully saturated rings. The van der Waals surface area contributed by atoms with Gasteiger partial charge in [0.25, 0.3) is 5.69 Å². The summed E-state index contributed by atoms with van der Waals surface area (Å²) in [7, 11) is 2.93. The highest BCUT2D eigenvalue weighted by Crippen LogP contribution is 2.29. The Balaban J connectivity index is 2.27. The minimum absolute atomic E-state index is 0.0130. The Bertz CT molecular complexity index is 739. The van der Waals surface area contributed by atoms with Crippen molar-refractivity contribution in [2.75, 3.05) is 14.2 Å². The first-order valence-corrected chi connectivity index (χ1v) is 6.71. The Labute approximate surface area is 136 Å². The van der Waals surface area contributed by atoms with Crippen LogP contribution in [0.2, 0.25) is 5.02 Å². The number of nitro groups is 1. The van der Waals surface area contributed by atoms with Crippen molar-refractivity contribution >= 4 is 23.3 Å². The third-order valence-corrected chi connectivity index (χ3v) is 3.23. The molecule has 0 aliphatic rings. The molecule has 0 heterocycles. The van der Waals surface area contributed by atoms with Crippen LogP contribution in [0.4, 0.5) is 5.69 Å². The molecule has 120 valence electrons. The number of rotatable bonds is 5. The molecule has 23 heavy (non-hydrogen) atoms. The number of hydrogen-bond donors (Lipinski definition) is 0. The zero-order chi connectivity index (χ0) is 17.0. The van der Waals surface area contributed by atoms with Crippen molar-refractivity contribution in [3.05, 3.63) is 57.1 Å². The number of halogens is 1. The third kappa shape index (κ3) is 3.89. The second kappa shape index (κ2) is 6.97. The Hall–Kier alpha value is -2.80. The Morgan fingerprint density at radius 1 is 1.04 bits per heavy atom. The van der Waals surface area contributed by atoms with Crippen LogP contribution in [0.15, 0.2) is 36.4 Å². The van der Waals surface area contributed by atoms with Crippen LogP contribution >= 0.6 is 11.6 Å². The van der Waals surface area contributed by atoms with Crippen LogP contribution in [0, 0.1) is 10.1 Å². The van der Waals surface area contributed by atoms with Crippen molar-refractivity contribution in [1.82, 2.24) is 0 Å². The second-order valence-corrected chi connectivity index (χ2v) is 4.77. The van der Waals surface area contributed by atoms with E-state index in [1.54, 1.807) is 6.07 Å². The van der Waals surface area contributed by atoms with Crippen LogP contribution < -0.4 is 14.2 Å². The topological polar surface area (TPSA) is 87.9 Å². The molecule has 0 aromatic heterocycles. The molecule has 0 amide bonds. The van der Waals surface area contributed by atoms with E-state index in [1.807, 2.05) is 0 Å².